The molecule has 0 heterocycles. The van der Waals surface area contributed by atoms with Gasteiger partial charge >= 0.3 is 5.97 Å². The summed E-state index contributed by atoms with van der Waals surface area (Å²) >= 11 is 0. The molecule has 0 bridgehead atoms. The van der Waals surface area contributed by atoms with Gasteiger partial charge in [0.25, 0.3) is 0 Å². The fraction of sp³-hybridized carbons (Fsp3) is 0.714. The molecule has 0 rings (SSSR count). The van der Waals surface area contributed by atoms with Crippen LogP contribution in [0.2, 0.25) is 0 Å². The molecule has 3 nitrogen and oxygen atoms in total. The van der Waals surface area contributed by atoms with Crippen LogP contribution in [0.5, 0.6) is 0 Å². The highest BCUT2D eigenvalue weighted by molar-refractivity contribution is 5.74. The van der Waals surface area contributed by atoms with Crippen LogP contribution >= 0.6 is 0 Å². The highest BCUT2D eigenvalue weighted by Gasteiger charge is 2.15. The maximum atomic E-state index is 10.3. The highest BCUT2D eigenvalue weighted by atomic mass is 16.4. The van der Waals surface area contributed by atoms with E-state index >= 15 is 0 Å². The fourth-order valence-corrected chi connectivity index (χ4v) is 0.700. The Balaban J connectivity index is 3.83. The third-order valence-electron chi connectivity index (χ3n) is 1.20. The topological polar surface area (TPSA) is 49.7 Å². The van der Waals surface area contributed by atoms with Gasteiger partial charge in [-0.25, -0.2) is 4.79 Å². The summed E-state index contributed by atoms with van der Waals surface area (Å²) in [7, 11) is 0. The average Bonchev–Trinajstić information content (AvgIpc) is 1.81. The largest absolute Gasteiger partial charge is 0.480 e. The van der Waals surface area contributed by atoms with E-state index in [1.165, 1.54) is 0 Å². The predicted molar refractivity (Wildman–Crippen MR) is 40.4 cm³/mol. The third kappa shape index (κ3) is 3.22. The number of nitrogens with zero attached hydrogens (tertiary/aromatic N) is 1. The molecule has 0 amide bonds. The summed E-state index contributed by atoms with van der Waals surface area (Å²) in [5, 5.41) is 8.49. The Bertz CT molecular complexity index is 132. The van der Waals surface area contributed by atoms with E-state index in [-0.39, 0.29) is 0 Å². The van der Waals surface area contributed by atoms with Crippen molar-refractivity contribution in [2.45, 2.75) is 26.3 Å². The number of hydrogen-bond acceptors (Lipinski definition) is 2. The van der Waals surface area contributed by atoms with Gasteiger partial charge in [-0.1, -0.05) is 13.8 Å². The lowest BCUT2D eigenvalue weighted by Gasteiger charge is -2.08. The Morgan fingerprint density at radius 2 is 2.20 bits per heavy atom. The molecule has 0 aromatic carbocycles. The number of rotatable bonds is 4. The van der Waals surface area contributed by atoms with Gasteiger partial charge in [0.1, 0.15) is 6.04 Å². The van der Waals surface area contributed by atoms with Crippen molar-refractivity contribution >= 4 is 12.7 Å². The van der Waals surface area contributed by atoms with Gasteiger partial charge in [-0.2, -0.15) is 0 Å². The number of aliphatic carboxylic acids is 1. The van der Waals surface area contributed by atoms with Gasteiger partial charge in [-0.3, -0.25) is 4.99 Å². The SMILES string of the molecule is C=NC(CC(C)C)C(=O)O. The summed E-state index contributed by atoms with van der Waals surface area (Å²) in [5.74, 6) is -0.532. The van der Waals surface area contributed by atoms with Crippen LogP contribution in [-0.4, -0.2) is 23.8 Å². The Morgan fingerprint density at radius 3 is 2.30 bits per heavy atom. The normalized spacial score (nSPS) is 13.1. The van der Waals surface area contributed by atoms with Crippen LogP contribution in [0.25, 0.3) is 0 Å². The lowest BCUT2D eigenvalue weighted by Crippen LogP contribution is -2.19. The minimum atomic E-state index is -0.885. The van der Waals surface area contributed by atoms with E-state index < -0.39 is 12.0 Å². The fourth-order valence-electron chi connectivity index (χ4n) is 0.700. The molecular weight excluding hydrogens is 130 g/mol. The zero-order valence-corrected chi connectivity index (χ0v) is 6.37. The minimum absolute atomic E-state index is 0.353. The molecule has 0 spiro atoms. The molecule has 10 heavy (non-hydrogen) atoms. The Morgan fingerprint density at radius 1 is 1.70 bits per heavy atom. The first-order valence-corrected chi connectivity index (χ1v) is 3.26. The third-order valence-corrected chi connectivity index (χ3v) is 1.20. The van der Waals surface area contributed by atoms with Gasteiger partial charge in [0.05, 0.1) is 0 Å². The summed E-state index contributed by atoms with van der Waals surface area (Å²) in [6.07, 6.45) is 0.568. The lowest BCUT2D eigenvalue weighted by atomic mass is 10.0. The quantitative estimate of drug-likeness (QED) is 0.601. The van der Waals surface area contributed by atoms with Crippen LogP contribution in [-0.2, 0) is 4.79 Å². The summed E-state index contributed by atoms with van der Waals surface area (Å²) < 4.78 is 0. The van der Waals surface area contributed by atoms with Crippen LogP contribution in [0.1, 0.15) is 20.3 Å². The first kappa shape index (κ1) is 9.14. The van der Waals surface area contributed by atoms with E-state index in [0.717, 1.165) is 0 Å². The van der Waals surface area contributed by atoms with Gasteiger partial charge < -0.3 is 5.11 Å². The van der Waals surface area contributed by atoms with Crippen molar-refractivity contribution < 1.29 is 9.90 Å². The molecule has 58 valence electrons. The van der Waals surface area contributed by atoms with Gasteiger partial charge in [-0.05, 0) is 19.1 Å². The molecule has 1 N–H and O–H groups in total. The van der Waals surface area contributed by atoms with Gasteiger partial charge in [0, 0.05) is 0 Å². The predicted octanol–water partition coefficient (Wildman–Crippen LogP) is 1.19. The first-order chi connectivity index (χ1) is 4.57. The zero-order chi connectivity index (χ0) is 8.15. The Kier molecular flexibility index (Phi) is 3.69. The molecule has 0 radical (unpaired) electrons. The molecule has 0 saturated heterocycles. The summed E-state index contributed by atoms with van der Waals surface area (Å²) in [6, 6.07) is -0.625. The molecule has 0 aliphatic carbocycles. The molecule has 0 aromatic heterocycles. The van der Waals surface area contributed by atoms with E-state index in [1.807, 2.05) is 13.8 Å². The second kappa shape index (κ2) is 4.04. The smallest absolute Gasteiger partial charge is 0.328 e. The standard InChI is InChI=1S/C7H13NO2/c1-5(2)4-6(8-3)7(9)10/h5-6H,3-4H2,1-2H3,(H,9,10). The van der Waals surface area contributed by atoms with Crippen molar-refractivity contribution in [2.24, 2.45) is 10.9 Å². The van der Waals surface area contributed by atoms with Crippen LogP contribution in [0, 0.1) is 5.92 Å². The Hall–Kier alpha value is -0.860. The molecule has 0 aromatic rings. The number of aliphatic imine (C=N–C) groups is 1. The zero-order valence-electron chi connectivity index (χ0n) is 6.37. The lowest BCUT2D eigenvalue weighted by molar-refractivity contribution is -0.138. The van der Waals surface area contributed by atoms with Gasteiger partial charge in [0.2, 0.25) is 0 Å². The number of carboxylic acid groups (broad SMARTS) is 1. The van der Waals surface area contributed by atoms with Crippen molar-refractivity contribution in [2.75, 3.05) is 0 Å². The number of carboxylic acids is 1. The molecule has 0 aliphatic rings. The molecule has 0 fully saturated rings. The van der Waals surface area contributed by atoms with Crippen molar-refractivity contribution in [3.63, 3.8) is 0 Å². The average molecular weight is 143 g/mol. The first-order valence-electron chi connectivity index (χ1n) is 3.26. The van der Waals surface area contributed by atoms with Crippen molar-refractivity contribution in [1.29, 1.82) is 0 Å². The number of carbonyl (C=O) groups is 1. The monoisotopic (exact) mass is 143 g/mol. The molecule has 0 aliphatic heterocycles. The molecule has 1 unspecified atom stereocenters. The summed E-state index contributed by atoms with van der Waals surface area (Å²) in [5.41, 5.74) is 0. The second-order valence-corrected chi connectivity index (χ2v) is 2.67. The van der Waals surface area contributed by atoms with Crippen molar-refractivity contribution in [1.82, 2.24) is 0 Å². The summed E-state index contributed by atoms with van der Waals surface area (Å²) in [4.78, 5) is 13.8. The van der Waals surface area contributed by atoms with Crippen molar-refractivity contribution in [3.8, 4) is 0 Å². The highest BCUT2D eigenvalue weighted by Crippen LogP contribution is 2.07. The second-order valence-electron chi connectivity index (χ2n) is 2.67. The molecular formula is C7H13NO2. The van der Waals surface area contributed by atoms with Crippen LogP contribution < -0.4 is 0 Å². The van der Waals surface area contributed by atoms with Gasteiger partial charge in [-0.15, -0.1) is 0 Å². The van der Waals surface area contributed by atoms with E-state index in [1.54, 1.807) is 0 Å². The molecule has 0 saturated carbocycles. The number of hydrogen-bond donors (Lipinski definition) is 1. The van der Waals surface area contributed by atoms with E-state index in [9.17, 15) is 4.79 Å². The van der Waals surface area contributed by atoms with Crippen LogP contribution in [0.15, 0.2) is 4.99 Å². The van der Waals surface area contributed by atoms with E-state index in [4.69, 9.17) is 5.11 Å². The van der Waals surface area contributed by atoms with Crippen molar-refractivity contribution in [3.05, 3.63) is 0 Å². The van der Waals surface area contributed by atoms with Gasteiger partial charge in [0.15, 0.2) is 0 Å². The van der Waals surface area contributed by atoms with Crippen LogP contribution in [0.3, 0.4) is 0 Å². The maximum absolute atomic E-state index is 10.3. The van der Waals surface area contributed by atoms with E-state index in [0.29, 0.717) is 12.3 Å². The van der Waals surface area contributed by atoms with Crippen LogP contribution in [0.4, 0.5) is 0 Å². The molecule has 3 heteroatoms. The minimum Gasteiger partial charge on any atom is -0.480 e. The molecule has 1 atom stereocenters. The van der Waals surface area contributed by atoms with E-state index in [2.05, 4.69) is 11.7 Å². The maximum Gasteiger partial charge on any atom is 0.328 e. The Labute approximate surface area is 60.8 Å². The summed E-state index contributed by atoms with van der Waals surface area (Å²) in [6.45, 7) is 7.12.